The van der Waals surface area contributed by atoms with Gasteiger partial charge in [0.2, 0.25) is 5.91 Å². The fourth-order valence-electron chi connectivity index (χ4n) is 2.12. The Morgan fingerprint density at radius 1 is 1.46 bits per heavy atom. The van der Waals surface area contributed by atoms with Gasteiger partial charge < -0.3 is 10.1 Å². The first-order valence-electron chi connectivity index (χ1n) is 7.32. The van der Waals surface area contributed by atoms with Crippen molar-refractivity contribution in [2.75, 3.05) is 25.5 Å². The summed E-state index contributed by atoms with van der Waals surface area (Å²) in [7, 11) is 3.52. The predicted molar refractivity (Wildman–Crippen MR) is 96.1 cm³/mol. The third-order valence-corrected chi connectivity index (χ3v) is 4.77. The van der Waals surface area contributed by atoms with Gasteiger partial charge in [0, 0.05) is 18.5 Å². The summed E-state index contributed by atoms with van der Waals surface area (Å²) in [6.07, 6.45) is 1.39. The molecule has 2 rings (SSSR count). The minimum Gasteiger partial charge on any atom is -0.462 e. The van der Waals surface area contributed by atoms with Crippen LogP contribution in [0.25, 0.3) is 0 Å². The number of esters is 1. The predicted octanol–water partition coefficient (Wildman–Crippen LogP) is 2.49. The number of rotatable bonds is 7. The number of aryl methyl sites for hydroxylation is 1. The molecule has 0 saturated heterocycles. The molecule has 0 aliphatic carbocycles. The van der Waals surface area contributed by atoms with Gasteiger partial charge in [0.05, 0.1) is 23.1 Å². The Balaban J connectivity index is 1.97. The number of ether oxygens (including phenoxy) is 1. The SMILES string of the molecule is CCOC(=O)c1cnn(C)c1NC(=O)CN(C)Cc1ccc(Br)s1. The molecular formula is C15H19BrN4O3S. The lowest BCUT2D eigenvalue weighted by Crippen LogP contribution is -2.30. The van der Waals surface area contributed by atoms with E-state index < -0.39 is 5.97 Å². The number of carbonyl (C=O) groups is 2. The Hall–Kier alpha value is -1.71. The smallest absolute Gasteiger partial charge is 0.343 e. The van der Waals surface area contributed by atoms with Gasteiger partial charge in [-0.05, 0) is 42.0 Å². The van der Waals surface area contributed by atoms with Crippen LogP contribution in [0.15, 0.2) is 22.1 Å². The Morgan fingerprint density at radius 2 is 2.21 bits per heavy atom. The lowest BCUT2D eigenvalue weighted by atomic mass is 10.3. The van der Waals surface area contributed by atoms with Crippen molar-refractivity contribution in [2.24, 2.45) is 7.05 Å². The van der Waals surface area contributed by atoms with Crippen LogP contribution < -0.4 is 5.32 Å². The summed E-state index contributed by atoms with van der Waals surface area (Å²) >= 11 is 5.05. The number of thiophene rings is 1. The van der Waals surface area contributed by atoms with E-state index in [1.807, 2.05) is 24.1 Å². The molecule has 2 aromatic heterocycles. The minimum absolute atomic E-state index is 0.197. The molecule has 0 atom stereocenters. The van der Waals surface area contributed by atoms with Crippen LogP contribution in [0.2, 0.25) is 0 Å². The van der Waals surface area contributed by atoms with Gasteiger partial charge in [0.15, 0.2) is 0 Å². The summed E-state index contributed by atoms with van der Waals surface area (Å²) in [5.41, 5.74) is 0.248. The summed E-state index contributed by atoms with van der Waals surface area (Å²) in [6.45, 7) is 2.85. The summed E-state index contributed by atoms with van der Waals surface area (Å²) in [4.78, 5) is 27.2. The maximum atomic E-state index is 12.2. The monoisotopic (exact) mass is 414 g/mol. The first kappa shape index (κ1) is 18.6. The molecule has 24 heavy (non-hydrogen) atoms. The number of amides is 1. The molecule has 9 heteroatoms. The Labute approximate surface area is 152 Å². The molecule has 0 aromatic carbocycles. The van der Waals surface area contributed by atoms with Crippen molar-refractivity contribution >= 4 is 45.0 Å². The van der Waals surface area contributed by atoms with Gasteiger partial charge in [-0.15, -0.1) is 11.3 Å². The summed E-state index contributed by atoms with van der Waals surface area (Å²) < 4.78 is 7.47. The number of carbonyl (C=O) groups excluding carboxylic acids is 2. The van der Waals surface area contributed by atoms with Gasteiger partial charge in [-0.25, -0.2) is 4.79 Å². The topological polar surface area (TPSA) is 76.5 Å². The highest BCUT2D eigenvalue weighted by Gasteiger charge is 2.19. The first-order valence-corrected chi connectivity index (χ1v) is 8.93. The van der Waals surface area contributed by atoms with Crippen molar-refractivity contribution in [3.63, 3.8) is 0 Å². The number of likely N-dealkylation sites (N-methyl/N-ethyl adjacent to an activating group) is 1. The molecule has 0 radical (unpaired) electrons. The molecule has 2 aromatic rings. The molecule has 7 nitrogen and oxygen atoms in total. The summed E-state index contributed by atoms with van der Waals surface area (Å²) in [6, 6.07) is 4.00. The van der Waals surface area contributed by atoms with E-state index >= 15 is 0 Å². The van der Waals surface area contributed by atoms with Crippen LogP contribution in [0.3, 0.4) is 0 Å². The Kier molecular flexibility index (Phi) is 6.52. The van der Waals surface area contributed by atoms with E-state index in [9.17, 15) is 9.59 Å². The fraction of sp³-hybridized carbons (Fsp3) is 0.400. The number of aromatic nitrogens is 2. The normalized spacial score (nSPS) is 10.9. The number of hydrogen-bond donors (Lipinski definition) is 1. The van der Waals surface area contributed by atoms with Crippen LogP contribution >= 0.6 is 27.3 Å². The van der Waals surface area contributed by atoms with E-state index in [1.165, 1.54) is 10.9 Å². The second-order valence-electron chi connectivity index (χ2n) is 5.18. The molecule has 0 unspecified atom stereocenters. The molecule has 1 amide bonds. The van der Waals surface area contributed by atoms with E-state index in [0.29, 0.717) is 12.4 Å². The number of hydrogen-bond acceptors (Lipinski definition) is 6. The van der Waals surface area contributed by atoms with Gasteiger partial charge in [-0.2, -0.15) is 5.10 Å². The molecular weight excluding hydrogens is 396 g/mol. The molecule has 0 saturated carbocycles. The lowest BCUT2D eigenvalue weighted by molar-refractivity contribution is -0.117. The average Bonchev–Trinajstić information content (AvgIpc) is 3.06. The van der Waals surface area contributed by atoms with Gasteiger partial charge in [0.1, 0.15) is 11.4 Å². The zero-order chi connectivity index (χ0) is 17.7. The maximum Gasteiger partial charge on any atom is 0.343 e. The molecule has 1 N–H and O–H groups in total. The molecule has 2 heterocycles. The van der Waals surface area contributed by atoms with Gasteiger partial charge in [-0.3, -0.25) is 14.4 Å². The summed E-state index contributed by atoms with van der Waals surface area (Å²) in [5.74, 6) is -0.384. The third kappa shape index (κ3) is 4.89. The van der Waals surface area contributed by atoms with E-state index in [-0.39, 0.29) is 24.6 Å². The third-order valence-electron chi connectivity index (χ3n) is 3.16. The number of halogens is 1. The largest absolute Gasteiger partial charge is 0.462 e. The van der Waals surface area contributed by atoms with E-state index in [1.54, 1.807) is 25.3 Å². The van der Waals surface area contributed by atoms with Crippen molar-refractivity contribution < 1.29 is 14.3 Å². The second kappa shape index (κ2) is 8.41. The van der Waals surface area contributed by atoms with Crippen molar-refractivity contribution in [2.45, 2.75) is 13.5 Å². The Morgan fingerprint density at radius 3 is 2.83 bits per heavy atom. The standard InChI is InChI=1S/C15H19BrN4O3S/c1-4-23-15(22)11-7-17-20(3)14(11)18-13(21)9-19(2)8-10-5-6-12(16)24-10/h5-7H,4,8-9H2,1-3H3,(H,18,21). The van der Waals surface area contributed by atoms with Crippen LogP contribution in [-0.2, 0) is 23.1 Å². The molecule has 130 valence electrons. The van der Waals surface area contributed by atoms with Crippen molar-refractivity contribution in [1.82, 2.24) is 14.7 Å². The highest BCUT2D eigenvalue weighted by molar-refractivity contribution is 9.11. The van der Waals surface area contributed by atoms with E-state index in [2.05, 4.69) is 26.3 Å². The highest BCUT2D eigenvalue weighted by atomic mass is 79.9. The van der Waals surface area contributed by atoms with E-state index in [0.717, 1.165) is 8.66 Å². The van der Waals surface area contributed by atoms with Crippen LogP contribution in [0.5, 0.6) is 0 Å². The van der Waals surface area contributed by atoms with Crippen LogP contribution in [0.4, 0.5) is 5.82 Å². The van der Waals surface area contributed by atoms with Gasteiger partial charge in [-0.1, -0.05) is 0 Å². The van der Waals surface area contributed by atoms with Crippen molar-refractivity contribution in [3.8, 4) is 0 Å². The van der Waals surface area contributed by atoms with E-state index in [4.69, 9.17) is 4.74 Å². The van der Waals surface area contributed by atoms with Crippen molar-refractivity contribution in [1.29, 1.82) is 0 Å². The molecule has 0 fully saturated rings. The fourth-order valence-corrected chi connectivity index (χ4v) is 3.68. The quantitative estimate of drug-likeness (QED) is 0.704. The average molecular weight is 415 g/mol. The molecule has 0 aliphatic heterocycles. The number of nitrogens with zero attached hydrogens (tertiary/aromatic N) is 3. The Bertz CT molecular complexity index is 728. The lowest BCUT2D eigenvalue weighted by Gasteiger charge is -2.15. The van der Waals surface area contributed by atoms with Crippen LogP contribution in [-0.4, -0.2) is 46.8 Å². The van der Waals surface area contributed by atoms with Crippen molar-refractivity contribution in [3.05, 3.63) is 32.6 Å². The van der Waals surface area contributed by atoms with Crippen LogP contribution in [0, 0.1) is 0 Å². The molecule has 0 bridgehead atoms. The molecule has 0 aliphatic rings. The number of anilines is 1. The first-order chi connectivity index (χ1) is 11.4. The number of nitrogens with one attached hydrogen (secondary N) is 1. The minimum atomic E-state index is -0.502. The van der Waals surface area contributed by atoms with Gasteiger partial charge in [0.25, 0.3) is 0 Å². The zero-order valence-corrected chi connectivity index (χ0v) is 16.1. The maximum absolute atomic E-state index is 12.2. The molecule has 0 spiro atoms. The van der Waals surface area contributed by atoms with Crippen LogP contribution in [0.1, 0.15) is 22.2 Å². The van der Waals surface area contributed by atoms with Gasteiger partial charge >= 0.3 is 5.97 Å². The summed E-state index contributed by atoms with van der Waals surface area (Å²) in [5, 5.41) is 6.74. The zero-order valence-electron chi connectivity index (χ0n) is 13.7. The second-order valence-corrected chi connectivity index (χ2v) is 7.72. The highest BCUT2D eigenvalue weighted by Crippen LogP contribution is 2.23.